The van der Waals surface area contributed by atoms with E-state index in [1.807, 2.05) is 13.8 Å². The van der Waals surface area contributed by atoms with E-state index in [0.717, 1.165) is 13.1 Å². The van der Waals surface area contributed by atoms with Crippen LogP contribution in [-0.4, -0.2) is 32.6 Å². The van der Waals surface area contributed by atoms with Gasteiger partial charge in [-0.2, -0.15) is 0 Å². The molecular formula is C9H23NO3P+. The van der Waals surface area contributed by atoms with Crippen molar-refractivity contribution < 1.29 is 18.5 Å². The van der Waals surface area contributed by atoms with Crippen LogP contribution in [0.2, 0.25) is 0 Å². The lowest BCUT2D eigenvalue weighted by Gasteiger charge is -2.21. The third-order valence-electron chi connectivity index (χ3n) is 2.07. The minimum atomic E-state index is -2.85. The summed E-state index contributed by atoms with van der Waals surface area (Å²) in [5.41, 5.74) is 0. The van der Waals surface area contributed by atoms with Crippen LogP contribution in [0.5, 0.6) is 0 Å². The van der Waals surface area contributed by atoms with Crippen molar-refractivity contribution in [2.75, 3.05) is 32.6 Å². The van der Waals surface area contributed by atoms with Crippen LogP contribution in [0.3, 0.4) is 0 Å². The van der Waals surface area contributed by atoms with Crippen LogP contribution in [0, 0.1) is 0 Å². The van der Waals surface area contributed by atoms with E-state index >= 15 is 0 Å². The number of nitrogens with one attached hydrogen (secondary N) is 1. The number of hydrogen-bond acceptors (Lipinski definition) is 3. The Morgan fingerprint density at radius 3 is 1.71 bits per heavy atom. The maximum absolute atomic E-state index is 12.1. The quantitative estimate of drug-likeness (QED) is 0.628. The van der Waals surface area contributed by atoms with E-state index in [9.17, 15) is 4.57 Å². The van der Waals surface area contributed by atoms with Gasteiger partial charge in [-0.25, -0.2) is 0 Å². The van der Waals surface area contributed by atoms with Gasteiger partial charge in [-0.3, -0.25) is 4.57 Å². The molecule has 14 heavy (non-hydrogen) atoms. The average molecular weight is 224 g/mol. The second-order valence-corrected chi connectivity index (χ2v) is 5.12. The van der Waals surface area contributed by atoms with E-state index in [1.165, 1.54) is 4.90 Å². The third-order valence-corrected chi connectivity index (χ3v) is 4.21. The predicted molar refractivity (Wildman–Crippen MR) is 57.8 cm³/mol. The van der Waals surface area contributed by atoms with Gasteiger partial charge in [0.25, 0.3) is 0 Å². The normalized spacial score (nSPS) is 12.4. The lowest BCUT2D eigenvalue weighted by atomic mass is 10.6. The summed E-state index contributed by atoms with van der Waals surface area (Å²) in [5, 5.41) is 0. The summed E-state index contributed by atoms with van der Waals surface area (Å²) >= 11 is 0. The Hall–Kier alpha value is 0.110. The van der Waals surface area contributed by atoms with Crippen molar-refractivity contribution in [2.45, 2.75) is 27.7 Å². The van der Waals surface area contributed by atoms with Gasteiger partial charge in [0.2, 0.25) is 0 Å². The topological polar surface area (TPSA) is 40.0 Å². The Kier molecular flexibility index (Phi) is 7.47. The van der Waals surface area contributed by atoms with E-state index in [-0.39, 0.29) is 0 Å². The second-order valence-electron chi connectivity index (χ2n) is 3.06. The highest BCUT2D eigenvalue weighted by Gasteiger charge is 2.28. The van der Waals surface area contributed by atoms with Crippen LogP contribution in [-0.2, 0) is 13.6 Å². The van der Waals surface area contributed by atoms with E-state index in [0.29, 0.717) is 19.5 Å². The van der Waals surface area contributed by atoms with Crippen LogP contribution >= 0.6 is 7.60 Å². The molecule has 0 saturated heterocycles. The van der Waals surface area contributed by atoms with Crippen molar-refractivity contribution in [3.63, 3.8) is 0 Å². The van der Waals surface area contributed by atoms with Crippen LogP contribution < -0.4 is 4.90 Å². The molecule has 0 rings (SSSR count). The van der Waals surface area contributed by atoms with Crippen molar-refractivity contribution in [3.8, 4) is 0 Å². The minimum absolute atomic E-state index is 0.442. The molecule has 0 saturated carbocycles. The van der Waals surface area contributed by atoms with Gasteiger partial charge >= 0.3 is 7.60 Å². The number of hydrogen-bond donors (Lipinski definition) is 1. The Labute approximate surface area is 87.1 Å². The summed E-state index contributed by atoms with van der Waals surface area (Å²) in [6, 6.07) is 0. The van der Waals surface area contributed by atoms with Gasteiger partial charge in [-0.1, -0.05) is 0 Å². The van der Waals surface area contributed by atoms with Crippen LogP contribution in [0.15, 0.2) is 0 Å². The lowest BCUT2D eigenvalue weighted by Crippen LogP contribution is -3.11. The predicted octanol–water partition coefficient (Wildman–Crippen LogP) is 1.13. The molecule has 0 radical (unpaired) electrons. The third kappa shape index (κ3) is 5.11. The summed E-state index contributed by atoms with van der Waals surface area (Å²) < 4.78 is 22.5. The highest BCUT2D eigenvalue weighted by Crippen LogP contribution is 2.45. The van der Waals surface area contributed by atoms with E-state index in [4.69, 9.17) is 9.05 Å². The molecule has 0 aliphatic heterocycles. The molecule has 0 aromatic rings. The zero-order valence-electron chi connectivity index (χ0n) is 9.71. The maximum Gasteiger partial charge on any atom is 0.384 e. The van der Waals surface area contributed by atoms with Crippen molar-refractivity contribution >= 4 is 7.60 Å². The van der Waals surface area contributed by atoms with Crippen LogP contribution in [0.1, 0.15) is 27.7 Å². The van der Waals surface area contributed by atoms with Gasteiger partial charge < -0.3 is 13.9 Å². The Morgan fingerprint density at radius 2 is 1.43 bits per heavy atom. The van der Waals surface area contributed by atoms with Gasteiger partial charge in [0.15, 0.2) is 6.29 Å². The first-order chi connectivity index (χ1) is 6.61. The van der Waals surface area contributed by atoms with Crippen molar-refractivity contribution in [2.24, 2.45) is 0 Å². The molecule has 0 aromatic heterocycles. The summed E-state index contributed by atoms with van der Waals surface area (Å²) in [6.45, 7) is 10.6. The fourth-order valence-electron chi connectivity index (χ4n) is 1.27. The first-order valence-electron chi connectivity index (χ1n) is 5.33. The Bertz CT molecular complexity index is 173. The highest BCUT2D eigenvalue weighted by molar-refractivity contribution is 7.53. The minimum Gasteiger partial charge on any atom is -0.325 e. The smallest absolute Gasteiger partial charge is 0.325 e. The molecule has 5 heteroatoms. The molecule has 0 aromatic carbocycles. The first-order valence-corrected chi connectivity index (χ1v) is 7.06. The number of quaternary nitrogens is 1. The molecule has 1 N–H and O–H groups in total. The molecule has 4 nitrogen and oxygen atoms in total. The molecule has 0 unspecified atom stereocenters. The molecule has 0 fully saturated rings. The highest BCUT2D eigenvalue weighted by atomic mass is 31.2. The van der Waals surface area contributed by atoms with E-state index < -0.39 is 7.60 Å². The summed E-state index contributed by atoms with van der Waals surface area (Å²) in [7, 11) is -2.85. The zero-order valence-corrected chi connectivity index (χ0v) is 10.6. The molecular weight excluding hydrogens is 201 g/mol. The molecule has 0 heterocycles. The lowest BCUT2D eigenvalue weighted by molar-refractivity contribution is -0.885. The summed E-state index contributed by atoms with van der Waals surface area (Å²) in [4.78, 5) is 1.25. The standard InChI is InChI=1S/C9H22NO3P/c1-5-10(6-2)9-14(11,12-7-3)13-8-4/h5-9H2,1-4H3/p+1. The number of rotatable bonds is 8. The molecule has 0 spiro atoms. The monoisotopic (exact) mass is 224 g/mol. The van der Waals surface area contributed by atoms with Gasteiger partial charge in [0, 0.05) is 0 Å². The van der Waals surface area contributed by atoms with Crippen molar-refractivity contribution in [3.05, 3.63) is 0 Å². The van der Waals surface area contributed by atoms with Gasteiger partial charge in [0.1, 0.15) is 0 Å². The van der Waals surface area contributed by atoms with Crippen LogP contribution in [0.4, 0.5) is 0 Å². The molecule has 0 aliphatic rings. The maximum atomic E-state index is 12.1. The summed E-state index contributed by atoms with van der Waals surface area (Å²) in [5.74, 6) is 0. The zero-order chi connectivity index (χ0) is 11.0. The molecule has 0 atom stereocenters. The second kappa shape index (κ2) is 7.41. The van der Waals surface area contributed by atoms with Gasteiger partial charge in [-0.05, 0) is 27.7 Å². The fourth-order valence-corrected chi connectivity index (χ4v) is 3.31. The molecule has 86 valence electrons. The van der Waals surface area contributed by atoms with E-state index in [2.05, 4.69) is 13.8 Å². The fraction of sp³-hybridized carbons (Fsp3) is 1.00. The van der Waals surface area contributed by atoms with Crippen LogP contribution in [0.25, 0.3) is 0 Å². The van der Waals surface area contributed by atoms with Crippen molar-refractivity contribution in [1.82, 2.24) is 0 Å². The Morgan fingerprint density at radius 1 is 1.00 bits per heavy atom. The molecule has 0 aliphatic carbocycles. The van der Waals surface area contributed by atoms with E-state index in [1.54, 1.807) is 0 Å². The molecule has 0 amide bonds. The average Bonchev–Trinajstić information content (AvgIpc) is 2.15. The summed E-state index contributed by atoms with van der Waals surface area (Å²) in [6.07, 6.45) is 0.474. The largest absolute Gasteiger partial charge is 0.384 e. The molecule has 0 bridgehead atoms. The van der Waals surface area contributed by atoms with Crippen molar-refractivity contribution in [1.29, 1.82) is 0 Å². The Balaban J connectivity index is 4.26. The first kappa shape index (κ1) is 14.1. The SMILES string of the molecule is CCOP(=O)(C[NH+](CC)CC)OCC. The van der Waals surface area contributed by atoms with Gasteiger partial charge in [-0.15, -0.1) is 0 Å². The van der Waals surface area contributed by atoms with Gasteiger partial charge in [0.05, 0.1) is 26.3 Å².